The number of hydrogen-bond donors (Lipinski definition) is 1. The number of aliphatic hydroxyl groups is 1. The molecule has 1 N–H and O–H groups in total. The quantitative estimate of drug-likeness (QED) is 0.898. The molecule has 1 heterocycles. The molecule has 19 heavy (non-hydrogen) atoms. The Balaban J connectivity index is 2.18. The van der Waals surface area contributed by atoms with Gasteiger partial charge in [-0.1, -0.05) is 12.1 Å². The monoisotopic (exact) mass is 260 g/mol. The summed E-state index contributed by atoms with van der Waals surface area (Å²) in [6.45, 7) is 4.91. The van der Waals surface area contributed by atoms with Crippen LogP contribution in [0.2, 0.25) is 0 Å². The molecular weight excluding hydrogens is 240 g/mol. The highest BCUT2D eigenvalue weighted by atomic mass is 16.5. The average Bonchev–Trinajstić information content (AvgIpc) is 2.86. The molecule has 0 spiro atoms. The Hall–Kier alpha value is -1.81. The summed E-state index contributed by atoms with van der Waals surface area (Å²) in [6.07, 6.45) is 3.63. The predicted molar refractivity (Wildman–Crippen MR) is 74.3 cm³/mol. The molecule has 1 unspecified atom stereocenters. The zero-order valence-corrected chi connectivity index (χ0v) is 11.6. The second-order valence-electron chi connectivity index (χ2n) is 4.58. The van der Waals surface area contributed by atoms with E-state index in [9.17, 15) is 5.11 Å². The number of ether oxygens (including phenoxy) is 1. The molecule has 0 aliphatic rings. The van der Waals surface area contributed by atoms with E-state index in [2.05, 4.69) is 11.9 Å². The van der Waals surface area contributed by atoms with Gasteiger partial charge in [0.25, 0.3) is 0 Å². The third kappa shape index (κ3) is 2.96. The van der Waals surface area contributed by atoms with Crippen LogP contribution in [-0.2, 0) is 13.0 Å². The van der Waals surface area contributed by atoms with Gasteiger partial charge in [0.15, 0.2) is 0 Å². The van der Waals surface area contributed by atoms with E-state index in [1.54, 1.807) is 13.3 Å². The maximum atomic E-state index is 10.3. The number of aromatic nitrogens is 2. The molecule has 0 saturated carbocycles. The maximum absolute atomic E-state index is 10.3. The zero-order chi connectivity index (χ0) is 13.8. The zero-order valence-electron chi connectivity index (χ0n) is 11.6. The van der Waals surface area contributed by atoms with Crippen molar-refractivity contribution in [3.05, 3.63) is 47.5 Å². The first-order chi connectivity index (χ1) is 9.15. The Morgan fingerprint density at radius 1 is 1.42 bits per heavy atom. The summed E-state index contributed by atoms with van der Waals surface area (Å²) in [7, 11) is 1.64. The van der Waals surface area contributed by atoms with Gasteiger partial charge in [0.1, 0.15) is 11.6 Å². The highest BCUT2D eigenvalue weighted by Crippen LogP contribution is 2.25. The van der Waals surface area contributed by atoms with Gasteiger partial charge in [-0.25, -0.2) is 4.98 Å². The van der Waals surface area contributed by atoms with Crippen LogP contribution in [0.25, 0.3) is 0 Å². The molecule has 102 valence electrons. The first kappa shape index (κ1) is 13.6. The summed E-state index contributed by atoms with van der Waals surface area (Å²) in [5, 5.41) is 10.3. The topological polar surface area (TPSA) is 47.3 Å². The van der Waals surface area contributed by atoms with E-state index in [0.717, 1.165) is 29.2 Å². The fraction of sp³-hybridized carbons (Fsp3) is 0.400. The van der Waals surface area contributed by atoms with Gasteiger partial charge in [-0.2, -0.15) is 0 Å². The largest absolute Gasteiger partial charge is 0.496 e. The molecule has 0 radical (unpaired) electrons. The molecule has 0 amide bonds. The molecule has 0 saturated heterocycles. The fourth-order valence-corrected chi connectivity index (χ4v) is 2.15. The minimum Gasteiger partial charge on any atom is -0.496 e. The van der Waals surface area contributed by atoms with Gasteiger partial charge in [-0.15, -0.1) is 0 Å². The van der Waals surface area contributed by atoms with Crippen molar-refractivity contribution in [2.45, 2.75) is 32.9 Å². The Labute approximate surface area is 113 Å². The smallest absolute Gasteiger partial charge is 0.122 e. The molecule has 1 atom stereocenters. The van der Waals surface area contributed by atoms with Crippen molar-refractivity contribution in [2.75, 3.05) is 7.11 Å². The molecule has 1 aromatic carbocycles. The van der Waals surface area contributed by atoms with Gasteiger partial charge < -0.3 is 14.4 Å². The molecule has 0 aliphatic carbocycles. The Morgan fingerprint density at radius 2 is 2.21 bits per heavy atom. The first-order valence-electron chi connectivity index (χ1n) is 6.48. The van der Waals surface area contributed by atoms with Crippen molar-refractivity contribution < 1.29 is 9.84 Å². The lowest BCUT2D eigenvalue weighted by Gasteiger charge is -2.14. The lowest BCUT2D eigenvalue weighted by molar-refractivity contribution is 0.174. The predicted octanol–water partition coefficient (Wildman–Crippen LogP) is 2.50. The minimum atomic E-state index is -0.567. The van der Waals surface area contributed by atoms with Crippen LogP contribution in [0.1, 0.15) is 30.0 Å². The van der Waals surface area contributed by atoms with Crippen LogP contribution in [0.3, 0.4) is 0 Å². The average molecular weight is 260 g/mol. The van der Waals surface area contributed by atoms with Crippen LogP contribution in [0.4, 0.5) is 0 Å². The number of benzene rings is 1. The highest BCUT2D eigenvalue weighted by Gasteiger charge is 2.13. The van der Waals surface area contributed by atoms with Crippen molar-refractivity contribution in [3.63, 3.8) is 0 Å². The molecular formula is C15H20N2O2. The molecule has 4 heteroatoms. The standard InChI is InChI=1S/C15H20N2O2/c1-4-17-8-7-16-15(17)10-13(18)12-6-5-11(2)14(9-12)19-3/h5-9,13,18H,4,10H2,1-3H3. The van der Waals surface area contributed by atoms with E-state index >= 15 is 0 Å². The molecule has 0 bridgehead atoms. The summed E-state index contributed by atoms with van der Waals surface area (Å²) < 4.78 is 7.32. The SMILES string of the molecule is CCn1ccnc1CC(O)c1ccc(C)c(OC)c1. The van der Waals surface area contributed by atoms with Crippen LogP contribution >= 0.6 is 0 Å². The number of methoxy groups -OCH3 is 1. The highest BCUT2D eigenvalue weighted by molar-refractivity contribution is 5.37. The normalized spacial score (nSPS) is 12.4. The van der Waals surface area contributed by atoms with Crippen LogP contribution in [-0.4, -0.2) is 21.8 Å². The minimum absolute atomic E-state index is 0.507. The number of rotatable bonds is 5. The van der Waals surface area contributed by atoms with E-state index in [-0.39, 0.29) is 0 Å². The third-order valence-electron chi connectivity index (χ3n) is 3.34. The molecule has 4 nitrogen and oxygen atoms in total. The molecule has 0 aliphatic heterocycles. The number of aliphatic hydroxyl groups excluding tert-OH is 1. The lowest BCUT2D eigenvalue weighted by atomic mass is 10.0. The van der Waals surface area contributed by atoms with E-state index in [1.165, 1.54) is 0 Å². The van der Waals surface area contributed by atoms with Crippen molar-refractivity contribution in [3.8, 4) is 5.75 Å². The lowest BCUT2D eigenvalue weighted by Crippen LogP contribution is -2.08. The van der Waals surface area contributed by atoms with Gasteiger partial charge in [0.05, 0.1) is 13.2 Å². The van der Waals surface area contributed by atoms with E-state index in [4.69, 9.17) is 4.74 Å². The summed E-state index contributed by atoms with van der Waals surface area (Å²) in [6, 6.07) is 5.78. The molecule has 1 aromatic heterocycles. The molecule has 2 rings (SSSR count). The van der Waals surface area contributed by atoms with Crippen molar-refractivity contribution in [1.82, 2.24) is 9.55 Å². The number of imidazole rings is 1. The number of aryl methyl sites for hydroxylation is 2. The van der Waals surface area contributed by atoms with Gasteiger partial charge in [0.2, 0.25) is 0 Å². The van der Waals surface area contributed by atoms with E-state index < -0.39 is 6.10 Å². The fourth-order valence-electron chi connectivity index (χ4n) is 2.15. The third-order valence-corrected chi connectivity index (χ3v) is 3.34. The Morgan fingerprint density at radius 3 is 2.89 bits per heavy atom. The summed E-state index contributed by atoms with van der Waals surface area (Å²) in [5.74, 6) is 1.70. The summed E-state index contributed by atoms with van der Waals surface area (Å²) in [4.78, 5) is 4.28. The second kappa shape index (κ2) is 5.89. The first-order valence-corrected chi connectivity index (χ1v) is 6.48. The van der Waals surface area contributed by atoms with Crippen LogP contribution in [0.5, 0.6) is 5.75 Å². The van der Waals surface area contributed by atoms with Crippen LogP contribution in [0.15, 0.2) is 30.6 Å². The van der Waals surface area contributed by atoms with Crippen molar-refractivity contribution in [2.24, 2.45) is 0 Å². The number of hydrogen-bond acceptors (Lipinski definition) is 3. The van der Waals surface area contributed by atoms with E-state index in [0.29, 0.717) is 6.42 Å². The summed E-state index contributed by atoms with van der Waals surface area (Å²) >= 11 is 0. The van der Waals surface area contributed by atoms with Gasteiger partial charge in [-0.05, 0) is 31.0 Å². The van der Waals surface area contributed by atoms with Crippen LogP contribution in [0, 0.1) is 6.92 Å². The molecule has 2 aromatic rings. The van der Waals surface area contributed by atoms with Gasteiger partial charge in [0, 0.05) is 25.4 Å². The van der Waals surface area contributed by atoms with Crippen molar-refractivity contribution >= 4 is 0 Å². The Kier molecular flexibility index (Phi) is 4.22. The van der Waals surface area contributed by atoms with Gasteiger partial charge >= 0.3 is 0 Å². The summed E-state index contributed by atoms with van der Waals surface area (Å²) in [5.41, 5.74) is 1.92. The maximum Gasteiger partial charge on any atom is 0.122 e. The number of nitrogens with zero attached hydrogens (tertiary/aromatic N) is 2. The van der Waals surface area contributed by atoms with E-state index in [1.807, 2.05) is 35.9 Å². The van der Waals surface area contributed by atoms with Gasteiger partial charge in [-0.3, -0.25) is 0 Å². The Bertz CT molecular complexity index is 549. The molecule has 0 fully saturated rings. The van der Waals surface area contributed by atoms with Crippen molar-refractivity contribution in [1.29, 1.82) is 0 Å². The second-order valence-corrected chi connectivity index (χ2v) is 4.58. The van der Waals surface area contributed by atoms with Crippen LogP contribution < -0.4 is 4.74 Å².